The Balaban J connectivity index is 1.72. The zero-order valence-electron chi connectivity index (χ0n) is 20.1. The Morgan fingerprint density at radius 1 is 0.757 bits per heavy atom. The molecule has 3 heterocycles. The highest BCUT2D eigenvalue weighted by Gasteiger charge is 2.34. The summed E-state index contributed by atoms with van der Waals surface area (Å²) in [5.41, 5.74) is 1.88. The van der Waals surface area contributed by atoms with Gasteiger partial charge in [0.2, 0.25) is 0 Å². The number of ether oxygens (including phenoxy) is 2. The highest BCUT2D eigenvalue weighted by Crippen LogP contribution is 2.33. The number of aryl methyl sites for hydroxylation is 1. The number of halogens is 3. The second kappa shape index (κ2) is 9.41. The van der Waals surface area contributed by atoms with Gasteiger partial charge in [0.05, 0.1) is 37.5 Å². The molecule has 11 heteroatoms. The van der Waals surface area contributed by atoms with E-state index in [1.807, 2.05) is 12.1 Å². The summed E-state index contributed by atoms with van der Waals surface area (Å²) in [6, 6.07) is 17.0. The lowest BCUT2D eigenvalue weighted by molar-refractivity contribution is -0.141. The van der Waals surface area contributed by atoms with Gasteiger partial charge in [-0.25, -0.2) is 9.97 Å². The van der Waals surface area contributed by atoms with Crippen molar-refractivity contribution in [1.29, 1.82) is 0 Å². The van der Waals surface area contributed by atoms with Crippen molar-refractivity contribution in [3.63, 3.8) is 0 Å². The Labute approximate surface area is 209 Å². The summed E-state index contributed by atoms with van der Waals surface area (Å²) in [5.74, 6) is 1.08. The molecule has 5 aromatic rings. The number of aromatic nitrogens is 6. The monoisotopic (exact) mass is 506 g/mol. The SMILES string of the molecule is COc1ccc(-c2cc(-c3ccc(OC)cc3)n(-c3nc(-c4cnn(C)c4)cc(C(F)(F)F)n3)n2)cc1. The highest BCUT2D eigenvalue weighted by atomic mass is 19.4. The van der Waals surface area contributed by atoms with E-state index in [1.165, 1.54) is 15.6 Å². The Morgan fingerprint density at radius 2 is 1.38 bits per heavy atom. The number of hydrogen-bond acceptors (Lipinski definition) is 6. The second-order valence-electron chi connectivity index (χ2n) is 8.12. The minimum absolute atomic E-state index is 0.0765. The van der Waals surface area contributed by atoms with Gasteiger partial charge in [0.25, 0.3) is 5.95 Å². The summed E-state index contributed by atoms with van der Waals surface area (Å²) in [7, 11) is 4.79. The van der Waals surface area contributed by atoms with E-state index >= 15 is 0 Å². The van der Waals surface area contributed by atoms with Crippen LogP contribution in [0, 0.1) is 0 Å². The van der Waals surface area contributed by atoms with Crippen molar-refractivity contribution in [2.24, 2.45) is 7.05 Å². The molecule has 0 aliphatic heterocycles. The van der Waals surface area contributed by atoms with Gasteiger partial charge in [0, 0.05) is 29.9 Å². The minimum atomic E-state index is -4.69. The van der Waals surface area contributed by atoms with Crippen LogP contribution in [0.2, 0.25) is 0 Å². The summed E-state index contributed by atoms with van der Waals surface area (Å²) in [6.07, 6.45) is -1.66. The third-order valence-electron chi connectivity index (χ3n) is 5.68. The number of hydrogen-bond donors (Lipinski definition) is 0. The molecule has 0 saturated heterocycles. The van der Waals surface area contributed by atoms with E-state index in [1.54, 1.807) is 69.9 Å². The van der Waals surface area contributed by atoms with Gasteiger partial charge in [-0.1, -0.05) is 0 Å². The van der Waals surface area contributed by atoms with Gasteiger partial charge in [-0.05, 0) is 60.7 Å². The van der Waals surface area contributed by atoms with Crippen LogP contribution in [0.1, 0.15) is 5.69 Å². The first-order valence-corrected chi connectivity index (χ1v) is 11.1. The lowest BCUT2D eigenvalue weighted by atomic mass is 10.1. The standard InChI is InChI=1S/C26H21F3N6O2/c1-34-15-18(14-30-34)21-13-24(26(27,28)29)32-25(31-21)35-23(17-6-10-20(37-3)11-7-17)12-22(33-35)16-4-8-19(36-2)9-5-16/h4-15H,1-3H3. The van der Waals surface area contributed by atoms with Crippen LogP contribution < -0.4 is 9.47 Å². The molecule has 0 unspecified atom stereocenters. The third kappa shape index (κ3) is 4.88. The van der Waals surface area contributed by atoms with Crippen molar-refractivity contribution < 1.29 is 22.6 Å². The number of alkyl halides is 3. The van der Waals surface area contributed by atoms with Crippen molar-refractivity contribution in [2.45, 2.75) is 6.18 Å². The van der Waals surface area contributed by atoms with Gasteiger partial charge in [0.1, 0.15) is 11.5 Å². The molecule has 0 saturated carbocycles. The quantitative estimate of drug-likeness (QED) is 0.306. The Kier molecular flexibility index (Phi) is 6.12. The van der Waals surface area contributed by atoms with Crippen LogP contribution in [-0.4, -0.2) is 43.7 Å². The zero-order valence-corrected chi connectivity index (χ0v) is 20.1. The van der Waals surface area contributed by atoms with Crippen LogP contribution in [0.5, 0.6) is 11.5 Å². The molecule has 0 amide bonds. The molecule has 0 bridgehead atoms. The van der Waals surface area contributed by atoms with Crippen molar-refractivity contribution in [3.05, 3.63) is 78.8 Å². The Morgan fingerprint density at radius 3 is 1.92 bits per heavy atom. The molecule has 0 fully saturated rings. The molecule has 37 heavy (non-hydrogen) atoms. The molecule has 0 spiro atoms. The molecule has 0 aliphatic carbocycles. The minimum Gasteiger partial charge on any atom is -0.497 e. The maximum absolute atomic E-state index is 13.9. The summed E-state index contributed by atoms with van der Waals surface area (Å²) in [5, 5.41) is 8.68. The molecule has 5 rings (SSSR count). The molecule has 0 radical (unpaired) electrons. The molecular weight excluding hydrogens is 485 g/mol. The van der Waals surface area contributed by atoms with Crippen molar-refractivity contribution in [1.82, 2.24) is 29.5 Å². The fraction of sp³-hybridized carbons (Fsp3) is 0.154. The van der Waals surface area contributed by atoms with Crippen LogP contribution in [0.4, 0.5) is 13.2 Å². The topological polar surface area (TPSA) is 79.9 Å². The molecule has 0 aliphatic rings. The number of benzene rings is 2. The van der Waals surface area contributed by atoms with Gasteiger partial charge in [0.15, 0.2) is 5.69 Å². The van der Waals surface area contributed by atoms with E-state index < -0.39 is 11.9 Å². The normalized spacial score (nSPS) is 11.5. The molecule has 8 nitrogen and oxygen atoms in total. The summed E-state index contributed by atoms with van der Waals surface area (Å²) < 4.78 is 54.9. The number of nitrogens with zero attached hydrogens (tertiary/aromatic N) is 6. The van der Waals surface area contributed by atoms with Gasteiger partial charge < -0.3 is 9.47 Å². The van der Waals surface area contributed by atoms with Gasteiger partial charge in [-0.15, -0.1) is 0 Å². The molecule has 0 N–H and O–H groups in total. The van der Waals surface area contributed by atoms with E-state index in [9.17, 15) is 13.2 Å². The lowest BCUT2D eigenvalue weighted by Gasteiger charge is -2.12. The van der Waals surface area contributed by atoms with Crippen LogP contribution in [-0.2, 0) is 13.2 Å². The third-order valence-corrected chi connectivity index (χ3v) is 5.68. The highest BCUT2D eigenvalue weighted by molar-refractivity contribution is 5.71. The first kappa shape index (κ1) is 24.0. The van der Waals surface area contributed by atoms with E-state index in [0.717, 1.165) is 11.6 Å². The Hall–Kier alpha value is -4.67. The molecular formula is C26H21F3N6O2. The fourth-order valence-electron chi connectivity index (χ4n) is 3.78. The summed E-state index contributed by atoms with van der Waals surface area (Å²) in [4.78, 5) is 8.30. The van der Waals surface area contributed by atoms with Crippen LogP contribution >= 0.6 is 0 Å². The van der Waals surface area contributed by atoms with Crippen molar-refractivity contribution in [3.8, 4) is 51.2 Å². The number of rotatable bonds is 6. The summed E-state index contributed by atoms with van der Waals surface area (Å²) in [6.45, 7) is 0. The predicted octanol–water partition coefficient (Wildman–Crippen LogP) is 5.43. The van der Waals surface area contributed by atoms with Crippen LogP contribution in [0.15, 0.2) is 73.1 Å². The first-order chi connectivity index (χ1) is 17.7. The first-order valence-electron chi connectivity index (χ1n) is 11.1. The second-order valence-corrected chi connectivity index (χ2v) is 8.12. The number of methoxy groups -OCH3 is 2. The van der Waals surface area contributed by atoms with Gasteiger partial charge in [-0.3, -0.25) is 4.68 Å². The average molecular weight is 506 g/mol. The smallest absolute Gasteiger partial charge is 0.433 e. The predicted molar refractivity (Wildman–Crippen MR) is 130 cm³/mol. The molecule has 188 valence electrons. The van der Waals surface area contributed by atoms with Crippen molar-refractivity contribution in [2.75, 3.05) is 14.2 Å². The van der Waals surface area contributed by atoms with E-state index in [-0.39, 0.29) is 11.6 Å². The van der Waals surface area contributed by atoms with Crippen LogP contribution in [0.25, 0.3) is 39.7 Å². The maximum atomic E-state index is 13.9. The van der Waals surface area contributed by atoms with Gasteiger partial charge in [-0.2, -0.15) is 28.1 Å². The van der Waals surface area contributed by atoms with E-state index in [2.05, 4.69) is 20.2 Å². The molecule has 0 atom stereocenters. The largest absolute Gasteiger partial charge is 0.497 e. The maximum Gasteiger partial charge on any atom is 0.433 e. The van der Waals surface area contributed by atoms with Crippen LogP contribution in [0.3, 0.4) is 0 Å². The van der Waals surface area contributed by atoms with E-state index in [0.29, 0.717) is 34.0 Å². The molecule has 2 aromatic carbocycles. The average Bonchev–Trinajstić information content (AvgIpc) is 3.55. The van der Waals surface area contributed by atoms with Gasteiger partial charge >= 0.3 is 6.18 Å². The zero-order chi connectivity index (χ0) is 26.2. The summed E-state index contributed by atoms with van der Waals surface area (Å²) >= 11 is 0. The Bertz CT molecular complexity index is 1540. The fourth-order valence-corrected chi connectivity index (χ4v) is 3.78. The lowest BCUT2D eigenvalue weighted by Crippen LogP contribution is -2.14. The molecule has 3 aromatic heterocycles. The van der Waals surface area contributed by atoms with Crippen molar-refractivity contribution >= 4 is 0 Å². The van der Waals surface area contributed by atoms with E-state index in [4.69, 9.17) is 9.47 Å².